The molecule has 0 bridgehead atoms. The van der Waals surface area contributed by atoms with Gasteiger partial charge in [0.25, 0.3) is 0 Å². The normalized spacial score (nSPS) is 12.2. The van der Waals surface area contributed by atoms with Crippen molar-refractivity contribution in [3.63, 3.8) is 0 Å². The number of aryl methyl sites for hydroxylation is 1. The van der Waals surface area contributed by atoms with Crippen LogP contribution in [-0.4, -0.2) is 8.42 Å². The van der Waals surface area contributed by atoms with Gasteiger partial charge in [-0.15, -0.1) is 0 Å². The van der Waals surface area contributed by atoms with E-state index in [1.165, 1.54) is 51.4 Å². The van der Waals surface area contributed by atoms with E-state index in [-0.39, 0.29) is 0 Å². The molecule has 0 unspecified atom stereocenters. The van der Waals surface area contributed by atoms with Gasteiger partial charge in [-0.25, -0.2) is 0 Å². The third-order valence-electron chi connectivity index (χ3n) is 8.03. The maximum absolute atomic E-state index is 14.2. The number of unbranched alkanes of at least 4 members (excludes halogenated alkanes) is 9. The fraction of sp³-hybridized carbons (Fsp3) is 0.316. The number of halogens is 1. The quantitative estimate of drug-likeness (QED) is 0.0758. The van der Waals surface area contributed by atoms with E-state index in [4.69, 9.17) is 2.51 Å². The van der Waals surface area contributed by atoms with E-state index in [9.17, 15) is 8.42 Å². The third kappa shape index (κ3) is 8.25. The predicted molar refractivity (Wildman–Crippen MR) is 190 cm³/mol. The van der Waals surface area contributed by atoms with Gasteiger partial charge >= 0.3 is 241 Å². The average molecular weight is 707 g/mol. The Morgan fingerprint density at radius 2 is 1.00 bits per heavy atom. The first kappa shape index (κ1) is 31.7. The molecule has 3 nitrogen and oxygen atoms in total. The first-order valence-corrected chi connectivity index (χ1v) is 20.2. The molecule has 0 aliphatic rings. The molecule has 0 aromatic heterocycles. The van der Waals surface area contributed by atoms with Crippen molar-refractivity contribution in [3.8, 4) is 0 Å². The van der Waals surface area contributed by atoms with Crippen LogP contribution in [0.2, 0.25) is 0 Å². The molecule has 0 aliphatic carbocycles. The van der Waals surface area contributed by atoms with Crippen LogP contribution in [0.5, 0.6) is 0 Å². The van der Waals surface area contributed by atoms with Crippen molar-refractivity contribution in [2.24, 2.45) is 0 Å². The second-order valence-corrected chi connectivity index (χ2v) is 17.5. The molecule has 0 fully saturated rings. The van der Waals surface area contributed by atoms with Gasteiger partial charge in [0, 0.05) is 0 Å². The van der Waals surface area contributed by atoms with Crippen molar-refractivity contribution in [1.82, 2.24) is 0 Å². The second kappa shape index (κ2) is 15.8. The molecule has 0 aliphatic heterocycles. The number of hydrogen-bond donors (Lipinski definition) is 0. The van der Waals surface area contributed by atoms with Crippen LogP contribution in [0.25, 0.3) is 21.5 Å². The van der Waals surface area contributed by atoms with Crippen LogP contribution in [0.15, 0.2) is 114 Å². The summed E-state index contributed by atoms with van der Waals surface area (Å²) >= 11 is -2.96. The number of fused-ring (bicyclic) bond motifs is 2. The first-order chi connectivity index (χ1) is 21.1. The summed E-state index contributed by atoms with van der Waals surface area (Å²) in [5.74, 6) is 0. The van der Waals surface area contributed by atoms with E-state index in [2.05, 4.69) is 55.5 Å². The molecule has 0 radical (unpaired) electrons. The average Bonchev–Trinajstić information content (AvgIpc) is 3.04. The van der Waals surface area contributed by atoms with Crippen molar-refractivity contribution >= 4 is 51.9 Å². The second-order valence-electron chi connectivity index (χ2n) is 11.2. The van der Waals surface area contributed by atoms with Crippen LogP contribution >= 0.6 is 20.2 Å². The standard InChI is InChI=1S/C38H43IO3S/c1-2-3-4-5-6-7-8-9-10-11-22-33-23-14-17-30-38(33)43(40,41)42-39(36-28-18-24-31-20-12-15-26-34(31)36)37-29-19-25-32-21-13-16-27-35(32)37/h12-21,23-30H,2-11,22H2,1H3. The SMILES string of the molecule is CCCCCCCCCCCCc1ccccc1S(=O)(=O)OI(c1cccc2ccccc12)c1cccc2ccccc12. The topological polar surface area (TPSA) is 43.4 Å². The fourth-order valence-corrected chi connectivity index (χ4v) is 13.7. The number of hydrogen-bond acceptors (Lipinski definition) is 3. The Bertz CT molecular complexity index is 1640. The summed E-state index contributed by atoms with van der Waals surface area (Å²) in [4.78, 5) is 0.314. The molecule has 5 rings (SSSR count). The minimum atomic E-state index is -4.02. The molecule has 43 heavy (non-hydrogen) atoms. The zero-order valence-corrected chi connectivity index (χ0v) is 28.2. The predicted octanol–water partition coefficient (Wildman–Crippen LogP) is 11.3. The summed E-state index contributed by atoms with van der Waals surface area (Å²) in [5, 5.41) is 4.28. The van der Waals surface area contributed by atoms with Crippen LogP contribution in [0.3, 0.4) is 0 Å². The Kier molecular flexibility index (Phi) is 11.7. The summed E-state index contributed by atoms with van der Waals surface area (Å²) in [5.41, 5.74) is 0.855. The Balaban J connectivity index is 1.38. The van der Waals surface area contributed by atoms with E-state index in [1.807, 2.05) is 54.6 Å². The maximum atomic E-state index is 14.2. The Labute approximate surface area is 265 Å². The van der Waals surface area contributed by atoms with Crippen molar-refractivity contribution in [2.45, 2.75) is 82.4 Å². The molecule has 0 heterocycles. The summed E-state index contributed by atoms with van der Waals surface area (Å²) in [6.07, 6.45) is 13.3. The number of benzene rings is 5. The monoisotopic (exact) mass is 706 g/mol. The molecular weight excluding hydrogens is 663 g/mol. The van der Waals surface area contributed by atoms with E-state index < -0.39 is 30.4 Å². The van der Waals surface area contributed by atoms with Gasteiger partial charge in [0.05, 0.1) is 0 Å². The van der Waals surface area contributed by atoms with E-state index >= 15 is 0 Å². The van der Waals surface area contributed by atoms with Gasteiger partial charge in [0.2, 0.25) is 0 Å². The summed E-state index contributed by atoms with van der Waals surface area (Å²) in [6.45, 7) is 2.26. The molecule has 5 aromatic rings. The molecule has 5 aromatic carbocycles. The van der Waals surface area contributed by atoms with Gasteiger partial charge in [-0.1, -0.05) is 26.2 Å². The zero-order chi connectivity index (χ0) is 29.9. The Morgan fingerprint density at radius 3 is 1.58 bits per heavy atom. The number of rotatable bonds is 16. The van der Waals surface area contributed by atoms with E-state index in [0.29, 0.717) is 4.90 Å². The van der Waals surface area contributed by atoms with Crippen LogP contribution in [0.1, 0.15) is 76.7 Å². The van der Waals surface area contributed by atoms with Gasteiger partial charge < -0.3 is 0 Å². The molecule has 0 atom stereocenters. The molecule has 0 saturated heterocycles. The molecule has 0 amide bonds. The Morgan fingerprint density at radius 1 is 0.535 bits per heavy atom. The van der Waals surface area contributed by atoms with Crippen LogP contribution in [0.4, 0.5) is 0 Å². The van der Waals surface area contributed by atoms with Crippen LogP contribution in [0, 0.1) is 7.14 Å². The van der Waals surface area contributed by atoms with Gasteiger partial charge in [-0.3, -0.25) is 0 Å². The minimum absolute atomic E-state index is 0.314. The third-order valence-corrected chi connectivity index (χ3v) is 15.8. The zero-order valence-electron chi connectivity index (χ0n) is 25.2. The van der Waals surface area contributed by atoms with E-state index in [1.54, 1.807) is 6.07 Å². The van der Waals surface area contributed by atoms with Crippen molar-refractivity contribution < 1.29 is 10.9 Å². The first-order valence-electron chi connectivity index (χ1n) is 15.8. The van der Waals surface area contributed by atoms with Gasteiger partial charge in [0.15, 0.2) is 0 Å². The summed E-state index contributed by atoms with van der Waals surface area (Å²) < 4.78 is 36.8. The molecule has 5 heteroatoms. The van der Waals surface area contributed by atoms with Crippen molar-refractivity contribution in [3.05, 3.63) is 122 Å². The molecule has 0 spiro atoms. The Hall–Kier alpha value is -2.74. The van der Waals surface area contributed by atoms with Crippen molar-refractivity contribution in [2.75, 3.05) is 0 Å². The molecular formula is C38H43IO3S. The summed E-state index contributed by atoms with van der Waals surface area (Å²) in [7, 11) is -4.02. The van der Waals surface area contributed by atoms with E-state index in [0.717, 1.165) is 53.5 Å². The van der Waals surface area contributed by atoms with Crippen LogP contribution < -0.4 is 0 Å². The van der Waals surface area contributed by atoms with Gasteiger partial charge in [-0.05, 0) is 0 Å². The van der Waals surface area contributed by atoms with Gasteiger partial charge in [0.1, 0.15) is 0 Å². The molecule has 226 valence electrons. The fourth-order valence-electron chi connectivity index (χ4n) is 5.72. The molecule has 0 saturated carbocycles. The summed E-state index contributed by atoms with van der Waals surface area (Å²) in [6, 6.07) is 36.1. The van der Waals surface area contributed by atoms with Gasteiger partial charge in [-0.2, -0.15) is 0 Å². The van der Waals surface area contributed by atoms with Crippen LogP contribution in [-0.2, 0) is 19.1 Å². The molecule has 0 N–H and O–H groups in total. The van der Waals surface area contributed by atoms with Crippen molar-refractivity contribution in [1.29, 1.82) is 0 Å².